The zero-order valence-electron chi connectivity index (χ0n) is 17.4. The number of nitrogens with zero attached hydrogens (tertiary/aromatic N) is 2. The van der Waals surface area contributed by atoms with Gasteiger partial charge in [0.1, 0.15) is 5.75 Å². The van der Waals surface area contributed by atoms with E-state index in [0.29, 0.717) is 35.9 Å². The summed E-state index contributed by atoms with van der Waals surface area (Å²) < 4.78 is 12.4. The smallest absolute Gasteiger partial charge is 0.337 e. The summed E-state index contributed by atoms with van der Waals surface area (Å²) in [5.74, 6) is 0.943. The number of benzene rings is 2. The number of carbonyl (C=O) groups is 2. The molecule has 3 aromatic rings. The molecule has 2 N–H and O–H groups in total. The highest BCUT2D eigenvalue weighted by atomic mass is 32.1. The first-order valence-electron chi connectivity index (χ1n) is 9.84. The van der Waals surface area contributed by atoms with Crippen LogP contribution in [-0.4, -0.2) is 40.4 Å². The first-order chi connectivity index (χ1) is 15.0. The molecule has 0 radical (unpaired) electrons. The number of carbonyl (C=O) groups excluding carboxylic acids is 2. The minimum Gasteiger partial charge on any atom is -0.494 e. The van der Waals surface area contributed by atoms with E-state index >= 15 is 0 Å². The SMILES string of the molecule is CCOc1ccc(-c2n[nH]c(=S)n2CCC(=O)NCc2ccc(C(=O)OC)cc2)cc1. The number of ether oxygens (including phenoxy) is 2. The van der Waals surface area contributed by atoms with Crippen LogP contribution in [0.2, 0.25) is 0 Å². The van der Waals surface area contributed by atoms with Crippen molar-refractivity contribution in [3.63, 3.8) is 0 Å². The third-order valence-corrected chi connectivity index (χ3v) is 4.92. The Bertz CT molecular complexity index is 1090. The molecule has 0 atom stereocenters. The number of methoxy groups -OCH3 is 1. The number of nitrogens with one attached hydrogen (secondary N) is 2. The number of esters is 1. The highest BCUT2D eigenvalue weighted by Gasteiger charge is 2.11. The molecule has 2 aromatic carbocycles. The summed E-state index contributed by atoms with van der Waals surface area (Å²) in [5.41, 5.74) is 2.23. The maximum absolute atomic E-state index is 12.3. The van der Waals surface area contributed by atoms with E-state index in [1.807, 2.05) is 31.2 Å². The van der Waals surface area contributed by atoms with Crippen molar-refractivity contribution in [1.82, 2.24) is 20.1 Å². The zero-order valence-corrected chi connectivity index (χ0v) is 18.2. The Morgan fingerprint density at radius 2 is 1.84 bits per heavy atom. The van der Waals surface area contributed by atoms with Crippen LogP contribution in [0.15, 0.2) is 48.5 Å². The average molecular weight is 441 g/mol. The number of amides is 1. The van der Waals surface area contributed by atoms with E-state index in [4.69, 9.17) is 17.0 Å². The van der Waals surface area contributed by atoms with Gasteiger partial charge in [-0.25, -0.2) is 4.79 Å². The van der Waals surface area contributed by atoms with Crippen LogP contribution in [0.25, 0.3) is 11.4 Å². The van der Waals surface area contributed by atoms with E-state index in [-0.39, 0.29) is 12.3 Å². The fourth-order valence-corrected chi connectivity index (χ4v) is 3.21. The molecule has 31 heavy (non-hydrogen) atoms. The van der Waals surface area contributed by atoms with Crippen LogP contribution in [0.3, 0.4) is 0 Å². The van der Waals surface area contributed by atoms with Crippen LogP contribution in [0, 0.1) is 4.77 Å². The molecule has 3 rings (SSSR count). The molecule has 162 valence electrons. The quantitative estimate of drug-likeness (QED) is 0.390. The lowest BCUT2D eigenvalue weighted by atomic mass is 10.1. The summed E-state index contributed by atoms with van der Waals surface area (Å²) in [4.78, 5) is 23.8. The van der Waals surface area contributed by atoms with Crippen LogP contribution < -0.4 is 10.1 Å². The molecule has 0 saturated heterocycles. The van der Waals surface area contributed by atoms with Crippen LogP contribution in [-0.2, 0) is 22.6 Å². The molecule has 0 bridgehead atoms. The van der Waals surface area contributed by atoms with Crippen LogP contribution >= 0.6 is 12.2 Å². The molecule has 9 heteroatoms. The Hall–Kier alpha value is -3.46. The van der Waals surface area contributed by atoms with Gasteiger partial charge in [-0.1, -0.05) is 12.1 Å². The summed E-state index contributed by atoms with van der Waals surface area (Å²) in [6.45, 7) is 3.29. The number of H-pyrrole nitrogens is 1. The molecule has 0 unspecified atom stereocenters. The van der Waals surface area contributed by atoms with Gasteiger partial charge in [0.15, 0.2) is 10.6 Å². The second-order valence-corrected chi connectivity index (χ2v) is 7.06. The lowest BCUT2D eigenvalue weighted by Gasteiger charge is -2.09. The Kier molecular flexibility index (Phi) is 7.55. The average Bonchev–Trinajstić information content (AvgIpc) is 3.17. The number of rotatable bonds is 9. The molecule has 0 aliphatic heterocycles. The highest BCUT2D eigenvalue weighted by Crippen LogP contribution is 2.21. The van der Waals surface area contributed by atoms with Gasteiger partial charge in [0.2, 0.25) is 5.91 Å². The van der Waals surface area contributed by atoms with E-state index < -0.39 is 5.97 Å². The minimum atomic E-state index is -0.393. The highest BCUT2D eigenvalue weighted by molar-refractivity contribution is 7.71. The Morgan fingerprint density at radius 1 is 1.13 bits per heavy atom. The molecule has 0 saturated carbocycles. The first-order valence-corrected chi connectivity index (χ1v) is 10.2. The molecular weight excluding hydrogens is 416 g/mol. The van der Waals surface area contributed by atoms with Crippen molar-refractivity contribution >= 4 is 24.1 Å². The van der Waals surface area contributed by atoms with Crippen molar-refractivity contribution in [1.29, 1.82) is 0 Å². The van der Waals surface area contributed by atoms with E-state index in [2.05, 4.69) is 20.3 Å². The monoisotopic (exact) mass is 440 g/mol. The summed E-state index contributed by atoms with van der Waals surface area (Å²) in [7, 11) is 1.34. The molecule has 0 fully saturated rings. The molecular formula is C22H24N4O4S. The fourth-order valence-electron chi connectivity index (χ4n) is 2.99. The van der Waals surface area contributed by atoms with Gasteiger partial charge in [0.25, 0.3) is 0 Å². The van der Waals surface area contributed by atoms with Crippen LogP contribution in [0.4, 0.5) is 0 Å². The molecule has 0 aliphatic rings. The maximum atomic E-state index is 12.3. The summed E-state index contributed by atoms with van der Waals surface area (Å²) in [6.07, 6.45) is 0.248. The largest absolute Gasteiger partial charge is 0.494 e. The molecule has 0 aliphatic carbocycles. The van der Waals surface area contributed by atoms with Crippen molar-refractivity contribution < 1.29 is 19.1 Å². The Morgan fingerprint density at radius 3 is 2.48 bits per heavy atom. The lowest BCUT2D eigenvalue weighted by molar-refractivity contribution is -0.121. The van der Waals surface area contributed by atoms with Gasteiger partial charge < -0.3 is 14.8 Å². The standard InChI is InChI=1S/C22H24N4O4S/c1-3-30-18-10-8-16(9-11-18)20-24-25-22(31)26(20)13-12-19(27)23-14-15-4-6-17(7-5-15)21(28)29-2/h4-11H,3,12-14H2,1-2H3,(H,23,27)(H,25,31). The first kappa shape index (κ1) is 22.2. The summed E-state index contributed by atoms with van der Waals surface area (Å²) in [5, 5.41) is 9.96. The number of hydrogen-bond donors (Lipinski definition) is 2. The summed E-state index contributed by atoms with van der Waals surface area (Å²) in [6, 6.07) is 14.5. The van der Waals surface area contributed by atoms with Gasteiger partial charge in [-0.3, -0.25) is 14.5 Å². The zero-order chi connectivity index (χ0) is 22.2. The van der Waals surface area contributed by atoms with Crippen LogP contribution in [0.1, 0.15) is 29.3 Å². The lowest BCUT2D eigenvalue weighted by Crippen LogP contribution is -2.24. The normalized spacial score (nSPS) is 10.5. The minimum absolute atomic E-state index is 0.113. The van der Waals surface area contributed by atoms with Crippen molar-refractivity contribution in [3.8, 4) is 17.1 Å². The van der Waals surface area contributed by atoms with Gasteiger partial charge >= 0.3 is 5.97 Å². The number of hydrogen-bond acceptors (Lipinski definition) is 6. The molecule has 8 nitrogen and oxygen atoms in total. The van der Waals surface area contributed by atoms with Crippen molar-refractivity contribution in [3.05, 3.63) is 64.4 Å². The topological polar surface area (TPSA) is 98.2 Å². The molecule has 0 spiro atoms. The van der Waals surface area contributed by atoms with Gasteiger partial charge in [0, 0.05) is 25.1 Å². The predicted octanol–water partition coefficient (Wildman–Crippen LogP) is 3.50. The fraction of sp³-hybridized carbons (Fsp3) is 0.273. The van der Waals surface area contributed by atoms with Gasteiger partial charge in [0.05, 0.1) is 19.3 Å². The predicted molar refractivity (Wildman–Crippen MR) is 118 cm³/mol. The Labute approximate surface area is 185 Å². The molecule has 1 aromatic heterocycles. The molecule has 1 amide bonds. The van der Waals surface area contributed by atoms with E-state index in [0.717, 1.165) is 16.9 Å². The number of aromatic amines is 1. The van der Waals surface area contributed by atoms with Gasteiger partial charge in [-0.15, -0.1) is 0 Å². The molecule has 1 heterocycles. The van der Waals surface area contributed by atoms with Crippen molar-refractivity contribution in [2.24, 2.45) is 0 Å². The van der Waals surface area contributed by atoms with Gasteiger partial charge in [-0.2, -0.15) is 5.10 Å². The van der Waals surface area contributed by atoms with Gasteiger partial charge in [-0.05, 0) is 61.1 Å². The third kappa shape index (κ3) is 5.79. The second-order valence-electron chi connectivity index (χ2n) is 6.68. The third-order valence-electron chi connectivity index (χ3n) is 4.61. The Balaban J connectivity index is 1.57. The van der Waals surface area contributed by atoms with Crippen molar-refractivity contribution in [2.75, 3.05) is 13.7 Å². The van der Waals surface area contributed by atoms with Crippen LogP contribution in [0.5, 0.6) is 5.75 Å². The maximum Gasteiger partial charge on any atom is 0.337 e. The number of aromatic nitrogens is 3. The van der Waals surface area contributed by atoms with E-state index in [1.165, 1.54) is 7.11 Å². The van der Waals surface area contributed by atoms with E-state index in [9.17, 15) is 9.59 Å². The van der Waals surface area contributed by atoms with Crippen molar-refractivity contribution in [2.45, 2.75) is 26.4 Å². The summed E-state index contributed by atoms with van der Waals surface area (Å²) >= 11 is 5.33. The van der Waals surface area contributed by atoms with E-state index in [1.54, 1.807) is 28.8 Å². The second kappa shape index (κ2) is 10.5.